The average Bonchev–Trinajstić information content (AvgIpc) is 2.28. The van der Waals surface area contributed by atoms with Crippen LogP contribution in [0.1, 0.15) is 5.56 Å². The normalized spacial score (nSPS) is 14.8. The molecule has 5 heteroatoms. The number of hydrogen-bond acceptors (Lipinski definition) is 4. The molecule has 0 bridgehead atoms. The second-order valence-corrected chi connectivity index (χ2v) is 3.26. The van der Waals surface area contributed by atoms with E-state index in [0.717, 1.165) is 5.56 Å². The zero-order valence-electron chi connectivity index (χ0n) is 8.14. The van der Waals surface area contributed by atoms with Crippen LogP contribution in [0.4, 0.5) is 5.69 Å². The first-order valence-corrected chi connectivity index (χ1v) is 4.63. The lowest BCUT2D eigenvalue weighted by atomic mass is 10.1. The van der Waals surface area contributed by atoms with E-state index in [0.29, 0.717) is 18.0 Å². The van der Waals surface area contributed by atoms with Gasteiger partial charge < -0.3 is 15.6 Å². The number of aliphatic hydroxyl groups excluding tert-OH is 1. The lowest BCUT2D eigenvalue weighted by molar-refractivity contribution is -0.122. The molecule has 0 aromatic heterocycles. The number of benzene rings is 1. The number of ether oxygens (including phenoxy) is 1. The molecular weight excluding hydrogens is 196 g/mol. The zero-order valence-corrected chi connectivity index (χ0v) is 8.14. The number of carbonyl (C=O) groups excluding carboxylic acids is 1. The van der Waals surface area contributed by atoms with Gasteiger partial charge in [0.15, 0.2) is 6.61 Å². The monoisotopic (exact) mass is 208 g/mol. The maximum Gasteiger partial charge on any atom is 0.266 e. The highest BCUT2D eigenvalue weighted by Gasteiger charge is 2.24. The molecule has 0 fully saturated rings. The van der Waals surface area contributed by atoms with Crippen LogP contribution in [0.3, 0.4) is 0 Å². The highest BCUT2D eigenvalue weighted by Crippen LogP contribution is 2.32. The van der Waals surface area contributed by atoms with Crippen molar-refractivity contribution in [1.29, 1.82) is 0 Å². The van der Waals surface area contributed by atoms with Crippen molar-refractivity contribution < 1.29 is 14.6 Å². The van der Waals surface area contributed by atoms with Crippen LogP contribution < -0.4 is 15.4 Å². The second kappa shape index (κ2) is 3.88. The molecule has 1 amide bonds. The smallest absolute Gasteiger partial charge is 0.266 e. The van der Waals surface area contributed by atoms with Crippen molar-refractivity contribution >= 4 is 11.6 Å². The highest BCUT2D eigenvalue weighted by molar-refractivity contribution is 5.97. The van der Waals surface area contributed by atoms with Crippen LogP contribution in [0.15, 0.2) is 18.2 Å². The minimum atomic E-state index is -0.344. The molecular formula is C10H12N2O3. The summed E-state index contributed by atoms with van der Waals surface area (Å²) in [6, 6.07) is 5.35. The van der Waals surface area contributed by atoms with Gasteiger partial charge in [0.25, 0.3) is 5.91 Å². The highest BCUT2D eigenvalue weighted by atomic mass is 16.5. The number of fused-ring (bicyclic) bond motifs is 1. The number of anilines is 1. The average molecular weight is 208 g/mol. The minimum Gasteiger partial charge on any atom is -0.482 e. The fourth-order valence-electron chi connectivity index (χ4n) is 1.53. The number of nitrogens with two attached hydrogens (primary N) is 1. The zero-order chi connectivity index (χ0) is 10.8. The molecule has 1 aliphatic rings. The second-order valence-electron chi connectivity index (χ2n) is 3.26. The number of amides is 1. The summed E-state index contributed by atoms with van der Waals surface area (Å²) in [5, 5.41) is 9.09. The molecule has 5 nitrogen and oxygen atoms in total. The molecule has 0 saturated carbocycles. The molecule has 0 saturated heterocycles. The molecule has 15 heavy (non-hydrogen) atoms. The Balaban J connectivity index is 2.45. The summed E-state index contributed by atoms with van der Waals surface area (Å²) in [5.74, 6) is 0.347. The topological polar surface area (TPSA) is 75.8 Å². The predicted octanol–water partition coefficient (Wildman–Crippen LogP) is -0.180. The van der Waals surface area contributed by atoms with E-state index in [-0.39, 0.29) is 19.2 Å². The summed E-state index contributed by atoms with van der Waals surface area (Å²) >= 11 is 0. The summed E-state index contributed by atoms with van der Waals surface area (Å²) in [4.78, 5) is 12.7. The molecule has 0 radical (unpaired) electrons. The van der Waals surface area contributed by atoms with E-state index in [1.165, 1.54) is 4.90 Å². The van der Waals surface area contributed by atoms with E-state index in [1.807, 2.05) is 6.07 Å². The Morgan fingerprint density at radius 3 is 3.00 bits per heavy atom. The minimum absolute atomic E-state index is 0.0322. The molecule has 3 N–H and O–H groups in total. The molecule has 1 aliphatic heterocycles. The van der Waals surface area contributed by atoms with Crippen LogP contribution in [0, 0.1) is 0 Å². The Labute approximate surface area is 87.1 Å². The first-order valence-electron chi connectivity index (χ1n) is 4.63. The van der Waals surface area contributed by atoms with Crippen LogP contribution in [0.25, 0.3) is 0 Å². The van der Waals surface area contributed by atoms with Crippen molar-refractivity contribution in [3.8, 4) is 5.75 Å². The Bertz CT molecular complexity index is 392. The lowest BCUT2D eigenvalue weighted by Crippen LogP contribution is -2.39. The third-order valence-electron chi connectivity index (χ3n) is 2.34. The van der Waals surface area contributed by atoms with Gasteiger partial charge in [-0.3, -0.25) is 9.69 Å². The fraction of sp³-hybridized carbons (Fsp3) is 0.300. The Morgan fingerprint density at radius 2 is 2.33 bits per heavy atom. The predicted molar refractivity (Wildman–Crippen MR) is 54.4 cm³/mol. The Morgan fingerprint density at radius 1 is 1.53 bits per heavy atom. The van der Waals surface area contributed by atoms with Gasteiger partial charge in [-0.2, -0.15) is 0 Å². The third-order valence-corrected chi connectivity index (χ3v) is 2.34. The summed E-state index contributed by atoms with van der Waals surface area (Å²) < 4.78 is 5.22. The van der Waals surface area contributed by atoms with Crippen molar-refractivity contribution in [3.05, 3.63) is 23.8 Å². The largest absolute Gasteiger partial charge is 0.482 e. The van der Waals surface area contributed by atoms with E-state index in [1.54, 1.807) is 12.1 Å². The van der Waals surface area contributed by atoms with E-state index >= 15 is 0 Å². The van der Waals surface area contributed by atoms with Crippen LogP contribution in [-0.2, 0) is 11.3 Å². The Hall–Kier alpha value is -1.59. The number of carbonyl (C=O) groups is 1. The van der Waals surface area contributed by atoms with Crippen LogP contribution in [0.2, 0.25) is 0 Å². The first-order chi connectivity index (χ1) is 7.26. The van der Waals surface area contributed by atoms with Gasteiger partial charge in [0.05, 0.1) is 5.69 Å². The van der Waals surface area contributed by atoms with E-state index in [4.69, 9.17) is 15.6 Å². The fourth-order valence-corrected chi connectivity index (χ4v) is 1.53. The molecule has 0 unspecified atom stereocenters. The number of rotatable bonds is 2. The van der Waals surface area contributed by atoms with Gasteiger partial charge in [-0.05, 0) is 17.7 Å². The van der Waals surface area contributed by atoms with Crippen molar-refractivity contribution in [3.63, 3.8) is 0 Å². The van der Waals surface area contributed by atoms with Gasteiger partial charge in [-0.25, -0.2) is 0 Å². The SMILES string of the molecule is NCc1ccc2c(c1)N(CO)C(=O)CO2. The number of nitrogens with zero attached hydrogens (tertiary/aromatic N) is 1. The maximum absolute atomic E-state index is 11.4. The molecule has 0 spiro atoms. The molecule has 1 aromatic rings. The quantitative estimate of drug-likeness (QED) is 0.707. The van der Waals surface area contributed by atoms with Gasteiger partial charge in [0.2, 0.25) is 0 Å². The number of hydrogen-bond donors (Lipinski definition) is 2. The van der Waals surface area contributed by atoms with Crippen molar-refractivity contribution in [2.45, 2.75) is 6.54 Å². The standard InChI is InChI=1S/C10H12N2O3/c11-4-7-1-2-9-8(3-7)12(6-13)10(14)5-15-9/h1-3,13H,4-6,11H2. The molecule has 0 aliphatic carbocycles. The maximum atomic E-state index is 11.4. The lowest BCUT2D eigenvalue weighted by Gasteiger charge is -2.27. The van der Waals surface area contributed by atoms with E-state index in [9.17, 15) is 4.79 Å². The van der Waals surface area contributed by atoms with Gasteiger partial charge in [-0.1, -0.05) is 6.07 Å². The summed E-state index contributed by atoms with van der Waals surface area (Å²) in [7, 11) is 0. The molecule has 0 atom stereocenters. The van der Waals surface area contributed by atoms with Crippen molar-refractivity contribution in [1.82, 2.24) is 0 Å². The van der Waals surface area contributed by atoms with Crippen molar-refractivity contribution in [2.75, 3.05) is 18.2 Å². The van der Waals surface area contributed by atoms with Gasteiger partial charge in [0.1, 0.15) is 12.5 Å². The summed E-state index contributed by atoms with van der Waals surface area (Å²) in [5.41, 5.74) is 6.97. The van der Waals surface area contributed by atoms with Crippen molar-refractivity contribution in [2.24, 2.45) is 5.73 Å². The third kappa shape index (κ3) is 1.67. The van der Waals surface area contributed by atoms with Crippen LogP contribution in [0.5, 0.6) is 5.75 Å². The van der Waals surface area contributed by atoms with Crippen LogP contribution in [-0.4, -0.2) is 24.4 Å². The first kappa shape index (κ1) is 9.95. The number of aliphatic hydroxyl groups is 1. The summed E-state index contributed by atoms with van der Waals surface area (Å²) in [6.45, 7) is 0.0134. The molecule has 80 valence electrons. The van der Waals surface area contributed by atoms with E-state index < -0.39 is 0 Å². The molecule has 2 rings (SSSR count). The van der Waals surface area contributed by atoms with Gasteiger partial charge in [-0.15, -0.1) is 0 Å². The Kier molecular flexibility index (Phi) is 2.57. The summed E-state index contributed by atoms with van der Waals surface area (Å²) in [6.07, 6.45) is 0. The van der Waals surface area contributed by atoms with Gasteiger partial charge in [0, 0.05) is 6.54 Å². The van der Waals surface area contributed by atoms with Gasteiger partial charge >= 0.3 is 0 Å². The van der Waals surface area contributed by atoms with Crippen LogP contribution >= 0.6 is 0 Å². The molecule has 1 heterocycles. The van der Waals surface area contributed by atoms with E-state index in [2.05, 4.69) is 0 Å². The molecule has 1 aromatic carbocycles.